The Hall–Kier alpha value is -2.64. The van der Waals surface area contributed by atoms with E-state index in [1.54, 1.807) is 0 Å². The number of hydrogen-bond donors (Lipinski definition) is 0. The van der Waals surface area contributed by atoms with Gasteiger partial charge in [-0.05, 0) is 12.8 Å². The number of ether oxygens (including phenoxy) is 2. The quantitative estimate of drug-likeness (QED) is 0.0437. The summed E-state index contributed by atoms with van der Waals surface area (Å²) in [7, 11) is 3.98. The van der Waals surface area contributed by atoms with Crippen LogP contribution >= 0.6 is 0 Å². The Morgan fingerprint density at radius 3 is 1.10 bits per heavy atom. The van der Waals surface area contributed by atoms with E-state index >= 15 is 0 Å². The van der Waals surface area contributed by atoms with Crippen LogP contribution in [0.3, 0.4) is 0 Å². The van der Waals surface area contributed by atoms with E-state index in [1.807, 2.05) is 60.7 Å². The van der Waals surface area contributed by atoms with Gasteiger partial charge < -0.3 is 9.47 Å². The average molecular weight is 687 g/mol. The van der Waals surface area contributed by atoms with E-state index < -0.39 is 5.41 Å². The lowest BCUT2D eigenvalue weighted by atomic mass is 9.89. The fourth-order valence-electron chi connectivity index (χ4n) is 6.72. The van der Waals surface area contributed by atoms with Crippen LogP contribution in [0.2, 0.25) is 0 Å². The molecule has 0 unspecified atom stereocenters. The van der Waals surface area contributed by atoms with E-state index in [1.165, 1.54) is 116 Å². The average Bonchev–Trinajstić information content (AvgIpc) is 3.70. The minimum Gasteiger partial charge on any atom is -0.465 e. The monoisotopic (exact) mass is 687 g/mol. The van der Waals surface area contributed by atoms with E-state index in [2.05, 4.69) is 23.0 Å². The molecule has 0 atom stereocenters. The van der Waals surface area contributed by atoms with Gasteiger partial charge in [0.2, 0.25) is 12.7 Å². The molecule has 8 heteroatoms. The third-order valence-corrected chi connectivity index (χ3v) is 9.73. The van der Waals surface area contributed by atoms with Gasteiger partial charge in [-0.1, -0.05) is 142 Å². The first-order valence-electron chi connectivity index (χ1n) is 20.2. The van der Waals surface area contributed by atoms with Crippen LogP contribution in [0, 0.1) is 5.41 Å². The molecular formula is C41H74N4O4+2. The van der Waals surface area contributed by atoms with Gasteiger partial charge in [-0.25, -0.2) is 18.3 Å². The zero-order valence-corrected chi connectivity index (χ0v) is 32.2. The summed E-state index contributed by atoms with van der Waals surface area (Å²) in [6.07, 6.45) is 40.4. The Morgan fingerprint density at radius 1 is 0.510 bits per heavy atom. The van der Waals surface area contributed by atoms with Gasteiger partial charge in [-0.2, -0.15) is 0 Å². The number of carbonyl (C=O) groups excluding carboxylic acids is 2. The first-order valence-corrected chi connectivity index (χ1v) is 20.2. The number of nitrogens with zero attached hydrogens (tertiary/aromatic N) is 4. The molecule has 0 radical (unpaired) electrons. The van der Waals surface area contributed by atoms with Gasteiger partial charge in [0.1, 0.15) is 56.5 Å². The van der Waals surface area contributed by atoms with Gasteiger partial charge in [0.25, 0.3) is 0 Å². The van der Waals surface area contributed by atoms with Gasteiger partial charge in [-0.15, -0.1) is 0 Å². The topological polar surface area (TPSA) is 70.2 Å². The lowest BCUT2D eigenvalue weighted by Crippen LogP contribution is -2.42. The van der Waals surface area contributed by atoms with Gasteiger partial charge in [-0.3, -0.25) is 9.59 Å². The predicted octanol–water partition coefficient (Wildman–Crippen LogP) is 9.11. The molecule has 0 spiro atoms. The highest BCUT2D eigenvalue weighted by Gasteiger charge is 2.39. The molecule has 0 bridgehead atoms. The number of aryl methyl sites for hydroxylation is 2. The van der Waals surface area contributed by atoms with Crippen LogP contribution in [0.15, 0.2) is 37.4 Å². The predicted molar refractivity (Wildman–Crippen MR) is 198 cm³/mol. The van der Waals surface area contributed by atoms with Crippen LogP contribution in [0.1, 0.15) is 168 Å². The molecule has 0 saturated carbocycles. The largest absolute Gasteiger partial charge is 0.465 e. The van der Waals surface area contributed by atoms with E-state index in [0.29, 0.717) is 25.9 Å². The second-order valence-corrected chi connectivity index (χ2v) is 14.9. The molecule has 2 aromatic rings. The summed E-state index contributed by atoms with van der Waals surface area (Å²) < 4.78 is 20.2. The summed E-state index contributed by atoms with van der Waals surface area (Å²) in [5.41, 5.74) is -0.613. The molecule has 8 nitrogen and oxygen atoms in total. The highest BCUT2D eigenvalue weighted by Crippen LogP contribution is 2.26. The summed E-state index contributed by atoms with van der Waals surface area (Å²) in [5, 5.41) is 0. The molecule has 0 fully saturated rings. The molecule has 0 aliphatic heterocycles. The highest BCUT2D eigenvalue weighted by atomic mass is 16.5. The Balaban J connectivity index is 1.84. The molecule has 2 aromatic heterocycles. The fraction of sp³-hybridized carbons (Fsp3) is 0.805. The van der Waals surface area contributed by atoms with Crippen molar-refractivity contribution in [3.05, 3.63) is 37.4 Å². The molecule has 0 aromatic carbocycles. The van der Waals surface area contributed by atoms with Crippen molar-refractivity contribution in [2.24, 2.45) is 19.5 Å². The standard InChI is InChI=1S/C41H74N4O4/c1-5-7-9-11-13-15-17-19-21-23-25-27-39(46)48-35-41(33-44-31-29-42(3)37-44,34-45-32-30-43(4)38-45)36-49-40(47)28-26-24-22-20-18-16-14-12-10-8-6-2/h29-32,37-38H,5-28,33-36H2,1-4H3/q+2. The van der Waals surface area contributed by atoms with E-state index in [-0.39, 0.29) is 25.2 Å². The van der Waals surface area contributed by atoms with Gasteiger partial charge in [0.15, 0.2) is 0 Å². The van der Waals surface area contributed by atoms with E-state index in [9.17, 15) is 9.59 Å². The molecule has 0 saturated heterocycles. The Morgan fingerprint density at radius 2 is 0.816 bits per heavy atom. The van der Waals surface area contributed by atoms with Crippen LogP contribution in [-0.4, -0.2) is 34.3 Å². The molecule has 0 amide bonds. The summed E-state index contributed by atoms with van der Waals surface area (Å²) in [6, 6.07) is 0. The molecule has 49 heavy (non-hydrogen) atoms. The Bertz CT molecular complexity index is 1020. The zero-order chi connectivity index (χ0) is 35.4. The van der Waals surface area contributed by atoms with Crippen LogP contribution in [0.5, 0.6) is 0 Å². The van der Waals surface area contributed by atoms with Crippen molar-refractivity contribution in [2.45, 2.75) is 181 Å². The van der Waals surface area contributed by atoms with Crippen molar-refractivity contribution in [3.63, 3.8) is 0 Å². The van der Waals surface area contributed by atoms with Crippen molar-refractivity contribution in [2.75, 3.05) is 13.2 Å². The number of hydrogen-bond acceptors (Lipinski definition) is 4. The van der Waals surface area contributed by atoms with Crippen molar-refractivity contribution in [3.8, 4) is 0 Å². The number of aromatic nitrogens is 4. The van der Waals surface area contributed by atoms with Gasteiger partial charge >= 0.3 is 11.9 Å². The summed E-state index contributed by atoms with van der Waals surface area (Å²) in [4.78, 5) is 26.0. The molecule has 2 rings (SSSR count). The third kappa shape index (κ3) is 21.2. The molecule has 280 valence electrons. The minimum absolute atomic E-state index is 0.163. The zero-order valence-electron chi connectivity index (χ0n) is 32.2. The number of imidazole rings is 2. The SMILES string of the molecule is CCCCCCCCCCCCCC(=O)OCC(COC(=O)CCCCCCCCCCCCC)(Cn1cc[n+](C)c1)Cn1cc[n+](C)c1. The number of carbonyl (C=O) groups is 2. The number of unbranched alkanes of at least 4 members (excludes halogenated alkanes) is 20. The normalized spacial score (nSPS) is 11.7. The van der Waals surface area contributed by atoms with Crippen LogP contribution < -0.4 is 9.13 Å². The summed E-state index contributed by atoms with van der Waals surface area (Å²) in [6.45, 7) is 6.04. The van der Waals surface area contributed by atoms with Crippen molar-refractivity contribution >= 4 is 11.9 Å². The smallest absolute Gasteiger partial charge is 0.305 e. The lowest BCUT2D eigenvalue weighted by Gasteiger charge is -2.29. The maximum absolute atomic E-state index is 13.0. The van der Waals surface area contributed by atoms with Gasteiger partial charge in [0, 0.05) is 12.8 Å². The molecule has 0 aliphatic rings. The third-order valence-electron chi connectivity index (χ3n) is 9.73. The molecule has 0 aliphatic carbocycles. The van der Waals surface area contributed by atoms with Crippen LogP contribution in [0.4, 0.5) is 0 Å². The summed E-state index contributed by atoms with van der Waals surface area (Å²) in [5.74, 6) is -0.326. The maximum Gasteiger partial charge on any atom is 0.305 e. The van der Waals surface area contributed by atoms with Crippen molar-refractivity contribution < 1.29 is 28.2 Å². The lowest BCUT2D eigenvalue weighted by molar-refractivity contribution is -0.671. The van der Waals surface area contributed by atoms with Crippen LogP contribution in [0.25, 0.3) is 0 Å². The fourth-order valence-corrected chi connectivity index (χ4v) is 6.72. The second-order valence-electron chi connectivity index (χ2n) is 14.9. The van der Waals surface area contributed by atoms with Crippen molar-refractivity contribution in [1.82, 2.24) is 9.13 Å². The molecule has 0 N–H and O–H groups in total. The number of rotatable bonds is 32. The second kappa shape index (κ2) is 27.1. The Kier molecular flexibility index (Phi) is 23.5. The van der Waals surface area contributed by atoms with Gasteiger partial charge in [0.05, 0.1) is 14.1 Å². The van der Waals surface area contributed by atoms with E-state index in [4.69, 9.17) is 9.47 Å². The first kappa shape index (κ1) is 42.5. The first-order chi connectivity index (χ1) is 23.9. The number of esters is 2. The molecule has 2 heterocycles. The highest BCUT2D eigenvalue weighted by molar-refractivity contribution is 5.69. The Labute approximate surface area is 300 Å². The van der Waals surface area contributed by atoms with Crippen molar-refractivity contribution in [1.29, 1.82) is 0 Å². The van der Waals surface area contributed by atoms with Crippen LogP contribution in [-0.2, 0) is 46.2 Å². The summed E-state index contributed by atoms with van der Waals surface area (Å²) >= 11 is 0. The van der Waals surface area contributed by atoms with E-state index in [0.717, 1.165) is 25.7 Å². The molecular weight excluding hydrogens is 612 g/mol. The maximum atomic E-state index is 13.0. The minimum atomic E-state index is -0.613.